The molecule has 1 saturated carbocycles. The van der Waals surface area contributed by atoms with Gasteiger partial charge in [0.15, 0.2) is 0 Å². The molecular formula is C24H40N2O. The molecule has 27 heavy (non-hydrogen) atoms. The maximum atomic E-state index is 10.1. The second kappa shape index (κ2) is 9.43. The molecule has 1 aromatic rings. The van der Waals surface area contributed by atoms with Crippen molar-refractivity contribution in [2.24, 2.45) is 5.92 Å². The van der Waals surface area contributed by atoms with Gasteiger partial charge in [0, 0.05) is 11.6 Å². The Labute approximate surface area is 166 Å². The van der Waals surface area contributed by atoms with Crippen molar-refractivity contribution in [1.29, 1.82) is 0 Å². The van der Waals surface area contributed by atoms with Crippen LogP contribution in [-0.2, 0) is 5.54 Å². The number of hydrogen-bond acceptors (Lipinski definition) is 3. The van der Waals surface area contributed by atoms with E-state index in [9.17, 15) is 5.11 Å². The van der Waals surface area contributed by atoms with E-state index in [2.05, 4.69) is 36.8 Å². The first kappa shape index (κ1) is 20.7. The van der Waals surface area contributed by atoms with E-state index in [-0.39, 0.29) is 5.54 Å². The largest absolute Gasteiger partial charge is 0.508 e. The quantitative estimate of drug-likeness (QED) is 0.696. The van der Waals surface area contributed by atoms with Crippen LogP contribution in [0, 0.1) is 5.92 Å². The van der Waals surface area contributed by atoms with Crippen molar-refractivity contribution in [3.63, 3.8) is 0 Å². The van der Waals surface area contributed by atoms with Crippen LogP contribution in [-0.4, -0.2) is 47.6 Å². The molecule has 152 valence electrons. The van der Waals surface area contributed by atoms with Gasteiger partial charge >= 0.3 is 0 Å². The van der Waals surface area contributed by atoms with E-state index < -0.39 is 0 Å². The fourth-order valence-electron chi connectivity index (χ4n) is 5.47. The van der Waals surface area contributed by atoms with Gasteiger partial charge in [0.2, 0.25) is 0 Å². The minimum absolute atomic E-state index is 0.0894. The topological polar surface area (TPSA) is 26.7 Å². The minimum Gasteiger partial charge on any atom is -0.508 e. The fraction of sp³-hybridized carbons (Fsp3) is 0.750. The van der Waals surface area contributed by atoms with Gasteiger partial charge < -0.3 is 10.0 Å². The SMILES string of the molecule is CCCCN(C)C1(c2cccc(O)c2)CCC(N2CCC(CC)CC2)CC1. The van der Waals surface area contributed by atoms with Crippen LogP contribution < -0.4 is 0 Å². The highest BCUT2D eigenvalue weighted by atomic mass is 16.3. The molecule has 1 N–H and O–H groups in total. The van der Waals surface area contributed by atoms with Crippen molar-refractivity contribution in [3.05, 3.63) is 29.8 Å². The number of aromatic hydroxyl groups is 1. The van der Waals surface area contributed by atoms with Crippen molar-refractivity contribution >= 4 is 0 Å². The van der Waals surface area contributed by atoms with Gasteiger partial charge in [-0.2, -0.15) is 0 Å². The summed E-state index contributed by atoms with van der Waals surface area (Å²) in [5.41, 5.74) is 1.40. The van der Waals surface area contributed by atoms with E-state index >= 15 is 0 Å². The Morgan fingerprint density at radius 3 is 2.41 bits per heavy atom. The monoisotopic (exact) mass is 372 g/mol. The molecule has 1 heterocycles. The number of hydrogen-bond donors (Lipinski definition) is 1. The van der Waals surface area contributed by atoms with E-state index in [0.29, 0.717) is 5.75 Å². The number of benzene rings is 1. The van der Waals surface area contributed by atoms with Crippen LogP contribution in [0.1, 0.15) is 77.2 Å². The smallest absolute Gasteiger partial charge is 0.115 e. The lowest BCUT2D eigenvalue weighted by molar-refractivity contribution is 0.0221. The average molecular weight is 373 g/mol. The Balaban J connectivity index is 1.71. The molecule has 2 aliphatic rings. The van der Waals surface area contributed by atoms with E-state index in [1.165, 1.54) is 76.4 Å². The number of phenolic OH excluding ortho intramolecular Hbond substituents is 1. The Bertz CT molecular complexity index is 571. The summed E-state index contributed by atoms with van der Waals surface area (Å²) >= 11 is 0. The van der Waals surface area contributed by atoms with Crippen molar-refractivity contribution < 1.29 is 5.11 Å². The molecule has 1 aliphatic heterocycles. The average Bonchev–Trinajstić information content (AvgIpc) is 2.72. The van der Waals surface area contributed by atoms with Gasteiger partial charge in [-0.1, -0.05) is 38.8 Å². The number of phenols is 1. The Hall–Kier alpha value is -1.06. The summed E-state index contributed by atoms with van der Waals surface area (Å²) in [6.45, 7) is 8.35. The third-order valence-corrected chi connectivity index (χ3v) is 7.49. The maximum absolute atomic E-state index is 10.1. The Morgan fingerprint density at radius 2 is 1.81 bits per heavy atom. The minimum atomic E-state index is 0.0894. The Kier molecular flexibility index (Phi) is 7.22. The van der Waals surface area contributed by atoms with Gasteiger partial charge in [0.1, 0.15) is 5.75 Å². The standard InChI is InChI=1S/C24H40N2O/c1-4-6-16-25(3)24(21-8-7-9-23(27)19-21)14-10-22(11-15-24)26-17-12-20(5-2)13-18-26/h7-9,19-20,22,27H,4-6,10-18H2,1-3H3. The molecule has 0 radical (unpaired) electrons. The van der Waals surface area contributed by atoms with Crippen LogP contribution in [0.2, 0.25) is 0 Å². The second-order valence-corrected chi connectivity index (χ2v) is 8.98. The van der Waals surface area contributed by atoms with Crippen LogP contribution in [0.25, 0.3) is 0 Å². The van der Waals surface area contributed by atoms with Crippen LogP contribution in [0.15, 0.2) is 24.3 Å². The van der Waals surface area contributed by atoms with Gasteiger partial charge in [-0.3, -0.25) is 4.90 Å². The summed E-state index contributed by atoms with van der Waals surface area (Å²) in [4.78, 5) is 5.37. The summed E-state index contributed by atoms with van der Waals surface area (Å²) in [6, 6.07) is 8.81. The van der Waals surface area contributed by atoms with E-state index in [0.717, 1.165) is 18.5 Å². The van der Waals surface area contributed by atoms with Gasteiger partial charge in [0.05, 0.1) is 0 Å². The molecular weight excluding hydrogens is 332 g/mol. The molecule has 3 nitrogen and oxygen atoms in total. The summed E-state index contributed by atoms with van der Waals surface area (Å²) < 4.78 is 0. The zero-order valence-electron chi connectivity index (χ0n) is 17.8. The van der Waals surface area contributed by atoms with Gasteiger partial charge in [-0.25, -0.2) is 0 Å². The molecule has 2 fully saturated rings. The molecule has 0 spiro atoms. The molecule has 0 atom stereocenters. The summed E-state index contributed by atoms with van der Waals surface area (Å²) in [5.74, 6) is 1.36. The van der Waals surface area contributed by atoms with E-state index in [1.807, 2.05) is 12.1 Å². The second-order valence-electron chi connectivity index (χ2n) is 8.98. The zero-order valence-corrected chi connectivity index (χ0v) is 17.8. The summed E-state index contributed by atoms with van der Waals surface area (Å²) in [6.07, 6.45) is 11.6. The number of unbranched alkanes of at least 4 members (excludes halogenated alkanes) is 1. The first-order chi connectivity index (χ1) is 13.1. The molecule has 0 bridgehead atoms. The molecule has 3 heteroatoms. The third kappa shape index (κ3) is 4.68. The van der Waals surface area contributed by atoms with Crippen LogP contribution in [0.5, 0.6) is 5.75 Å². The lowest BCUT2D eigenvalue weighted by atomic mass is 9.73. The summed E-state index contributed by atoms with van der Waals surface area (Å²) in [5, 5.41) is 10.1. The highest BCUT2D eigenvalue weighted by Gasteiger charge is 2.41. The van der Waals surface area contributed by atoms with E-state index in [1.54, 1.807) is 6.07 Å². The normalized spacial score (nSPS) is 27.9. The van der Waals surface area contributed by atoms with Gasteiger partial charge in [-0.15, -0.1) is 0 Å². The van der Waals surface area contributed by atoms with Crippen LogP contribution >= 0.6 is 0 Å². The Morgan fingerprint density at radius 1 is 1.11 bits per heavy atom. The van der Waals surface area contributed by atoms with Crippen molar-refractivity contribution in [3.8, 4) is 5.75 Å². The predicted molar refractivity (Wildman–Crippen MR) is 114 cm³/mol. The van der Waals surface area contributed by atoms with Crippen molar-refractivity contribution in [2.45, 2.75) is 83.2 Å². The van der Waals surface area contributed by atoms with Crippen LogP contribution in [0.3, 0.4) is 0 Å². The number of likely N-dealkylation sites (tertiary alicyclic amines) is 1. The number of piperidine rings is 1. The molecule has 1 saturated heterocycles. The molecule has 0 unspecified atom stereocenters. The number of rotatable bonds is 7. The fourth-order valence-corrected chi connectivity index (χ4v) is 5.47. The zero-order chi connectivity index (χ0) is 19.3. The first-order valence-electron chi connectivity index (χ1n) is 11.3. The van der Waals surface area contributed by atoms with Crippen molar-refractivity contribution in [1.82, 2.24) is 9.80 Å². The van der Waals surface area contributed by atoms with Crippen molar-refractivity contribution in [2.75, 3.05) is 26.7 Å². The molecule has 0 amide bonds. The lowest BCUT2D eigenvalue weighted by Crippen LogP contribution is -2.51. The molecule has 1 aliphatic carbocycles. The lowest BCUT2D eigenvalue weighted by Gasteiger charge is -2.50. The maximum Gasteiger partial charge on any atom is 0.115 e. The highest BCUT2D eigenvalue weighted by molar-refractivity contribution is 5.33. The van der Waals surface area contributed by atoms with Gasteiger partial charge in [0.25, 0.3) is 0 Å². The highest BCUT2D eigenvalue weighted by Crippen LogP contribution is 2.44. The predicted octanol–water partition coefficient (Wildman–Crippen LogP) is 5.38. The molecule has 0 aromatic heterocycles. The summed E-state index contributed by atoms with van der Waals surface area (Å²) in [7, 11) is 2.30. The van der Waals surface area contributed by atoms with Crippen LogP contribution in [0.4, 0.5) is 0 Å². The molecule has 3 rings (SSSR count). The van der Waals surface area contributed by atoms with Gasteiger partial charge in [-0.05, 0) is 95.2 Å². The van der Waals surface area contributed by atoms with E-state index in [4.69, 9.17) is 0 Å². The molecule has 1 aromatic carbocycles. The first-order valence-corrected chi connectivity index (χ1v) is 11.3. The third-order valence-electron chi connectivity index (χ3n) is 7.49. The number of nitrogens with zero attached hydrogens (tertiary/aromatic N) is 2.